The zero-order chi connectivity index (χ0) is 24.1. The minimum absolute atomic E-state index is 0.258. The van der Waals surface area contributed by atoms with Crippen molar-refractivity contribution in [1.82, 2.24) is 15.0 Å². The van der Waals surface area contributed by atoms with Gasteiger partial charge < -0.3 is 14.3 Å². The van der Waals surface area contributed by atoms with Gasteiger partial charge in [0, 0.05) is 43.2 Å². The Morgan fingerprint density at radius 3 is 2.32 bits per heavy atom. The molecule has 0 spiro atoms. The first-order chi connectivity index (χ1) is 16.4. The number of aryl methyl sites for hydroxylation is 3. The maximum atomic E-state index is 11.5. The predicted octanol–water partition coefficient (Wildman–Crippen LogP) is 4.81. The van der Waals surface area contributed by atoms with E-state index in [0.717, 1.165) is 62.4 Å². The van der Waals surface area contributed by atoms with Crippen LogP contribution in [-0.2, 0) is 9.59 Å². The van der Waals surface area contributed by atoms with E-state index in [9.17, 15) is 9.59 Å². The summed E-state index contributed by atoms with van der Waals surface area (Å²) in [5, 5.41) is 4.10. The molecule has 0 unspecified atom stereocenters. The van der Waals surface area contributed by atoms with Crippen molar-refractivity contribution in [3.63, 3.8) is 0 Å². The van der Waals surface area contributed by atoms with Gasteiger partial charge in [-0.2, -0.15) is 4.98 Å². The number of hydrogen-bond donors (Lipinski definition) is 0. The topological polar surface area (TPSA) is 79.5 Å². The zero-order valence-corrected chi connectivity index (χ0v) is 20.2. The highest BCUT2D eigenvalue weighted by molar-refractivity contribution is 5.95. The molecule has 1 aromatic heterocycles. The van der Waals surface area contributed by atoms with Crippen molar-refractivity contribution >= 4 is 18.0 Å². The standard InChI is InChI=1S/C15H17N3O2.C12H15NO/c1-11-2-4-13(5-3-11)15-16-14(17-20-15)12-6-8-18(10-19)9-7-12;1-9-5-6-11(8-10(9)2)13-7-3-4-12(13)14/h2-5,10,12H,6-9H2,1H3;5-6,8H,3-4,7H2,1-2H3. The smallest absolute Gasteiger partial charge is 0.257 e. The maximum absolute atomic E-state index is 11.5. The number of amides is 2. The average Bonchev–Trinajstić information content (AvgIpc) is 3.51. The molecule has 0 atom stereocenters. The summed E-state index contributed by atoms with van der Waals surface area (Å²) >= 11 is 0. The van der Waals surface area contributed by atoms with Crippen LogP contribution in [0.1, 0.15) is 54.1 Å². The molecule has 2 aliphatic heterocycles. The van der Waals surface area contributed by atoms with Crippen molar-refractivity contribution in [2.75, 3.05) is 24.5 Å². The van der Waals surface area contributed by atoms with Gasteiger partial charge in [0.2, 0.25) is 12.3 Å². The van der Waals surface area contributed by atoms with Crippen LogP contribution in [0.3, 0.4) is 0 Å². The summed E-state index contributed by atoms with van der Waals surface area (Å²) in [6, 6.07) is 14.2. The summed E-state index contributed by atoms with van der Waals surface area (Å²) in [5.74, 6) is 1.87. The predicted molar refractivity (Wildman–Crippen MR) is 132 cm³/mol. The summed E-state index contributed by atoms with van der Waals surface area (Å²) in [5.41, 5.74) is 5.73. The molecular weight excluding hydrogens is 428 g/mol. The molecule has 0 aliphatic carbocycles. The van der Waals surface area contributed by atoms with Crippen LogP contribution in [0.2, 0.25) is 0 Å². The van der Waals surface area contributed by atoms with E-state index in [1.807, 2.05) is 42.2 Å². The highest BCUT2D eigenvalue weighted by Crippen LogP contribution is 2.27. The molecule has 0 radical (unpaired) electrons. The van der Waals surface area contributed by atoms with Crippen molar-refractivity contribution in [3.05, 3.63) is 65.0 Å². The number of aromatic nitrogens is 2. The third-order valence-corrected chi connectivity index (χ3v) is 6.66. The van der Waals surface area contributed by atoms with Gasteiger partial charge in [-0.1, -0.05) is 28.9 Å². The molecule has 2 fully saturated rings. The Hall–Kier alpha value is -3.48. The van der Waals surface area contributed by atoms with Crippen LogP contribution < -0.4 is 4.90 Å². The van der Waals surface area contributed by atoms with Crippen molar-refractivity contribution in [3.8, 4) is 11.5 Å². The fourth-order valence-corrected chi connectivity index (χ4v) is 4.29. The Balaban J connectivity index is 0.000000172. The minimum Gasteiger partial charge on any atom is -0.345 e. The molecular formula is C27H32N4O3. The van der Waals surface area contributed by atoms with Gasteiger partial charge in [0.25, 0.3) is 5.89 Å². The number of piperidine rings is 1. The molecule has 7 nitrogen and oxygen atoms in total. The molecule has 7 heteroatoms. The van der Waals surface area contributed by atoms with Crippen LogP contribution in [0.4, 0.5) is 5.69 Å². The molecule has 2 aliphatic rings. The fourth-order valence-electron chi connectivity index (χ4n) is 4.29. The molecule has 2 aromatic carbocycles. The summed E-state index contributed by atoms with van der Waals surface area (Å²) in [6.45, 7) is 8.63. The summed E-state index contributed by atoms with van der Waals surface area (Å²) in [4.78, 5) is 30.4. The van der Waals surface area contributed by atoms with Crippen molar-refractivity contribution in [2.45, 2.75) is 52.4 Å². The maximum Gasteiger partial charge on any atom is 0.257 e. The van der Waals surface area contributed by atoms with Gasteiger partial charge in [-0.25, -0.2) is 0 Å². The van der Waals surface area contributed by atoms with Crippen LogP contribution in [-0.4, -0.2) is 47.0 Å². The Morgan fingerprint density at radius 1 is 0.971 bits per heavy atom. The second-order valence-electron chi connectivity index (χ2n) is 9.16. The highest BCUT2D eigenvalue weighted by atomic mass is 16.5. The lowest BCUT2D eigenvalue weighted by atomic mass is 9.96. The van der Waals surface area contributed by atoms with Gasteiger partial charge in [-0.3, -0.25) is 9.59 Å². The SMILES string of the molecule is Cc1ccc(-c2nc(C3CCN(C=O)CC3)no2)cc1.Cc1ccc(N2CCCC2=O)cc1C. The van der Waals surface area contributed by atoms with Crippen LogP contribution in [0, 0.1) is 20.8 Å². The molecule has 34 heavy (non-hydrogen) atoms. The fraction of sp³-hybridized carbons (Fsp3) is 0.407. The Bertz CT molecular complexity index is 1130. The largest absolute Gasteiger partial charge is 0.345 e. The number of anilines is 1. The third-order valence-electron chi connectivity index (χ3n) is 6.66. The van der Waals surface area contributed by atoms with Gasteiger partial charge in [0.15, 0.2) is 5.82 Å². The molecule has 5 rings (SSSR count). The van der Waals surface area contributed by atoms with E-state index in [0.29, 0.717) is 12.3 Å². The molecule has 0 saturated carbocycles. The average molecular weight is 461 g/mol. The summed E-state index contributed by atoms with van der Waals surface area (Å²) in [7, 11) is 0. The van der Waals surface area contributed by atoms with Crippen LogP contribution >= 0.6 is 0 Å². The Kier molecular flexibility index (Phi) is 7.40. The lowest BCUT2D eigenvalue weighted by Gasteiger charge is -2.27. The quantitative estimate of drug-likeness (QED) is 0.522. The number of nitrogens with zero attached hydrogens (tertiary/aromatic N) is 4. The van der Waals surface area contributed by atoms with Crippen molar-refractivity contribution < 1.29 is 14.1 Å². The lowest BCUT2D eigenvalue weighted by Crippen LogP contribution is -2.31. The number of benzene rings is 2. The molecule has 2 amide bonds. The second kappa shape index (κ2) is 10.6. The molecule has 3 aromatic rings. The highest BCUT2D eigenvalue weighted by Gasteiger charge is 2.24. The van der Waals surface area contributed by atoms with E-state index in [4.69, 9.17) is 4.52 Å². The third kappa shape index (κ3) is 5.53. The van der Waals surface area contributed by atoms with Crippen LogP contribution in [0.5, 0.6) is 0 Å². The molecule has 178 valence electrons. The number of carbonyl (C=O) groups is 2. The van der Waals surface area contributed by atoms with Gasteiger partial charge >= 0.3 is 0 Å². The molecule has 0 N–H and O–H groups in total. The van der Waals surface area contributed by atoms with Crippen molar-refractivity contribution in [1.29, 1.82) is 0 Å². The van der Waals surface area contributed by atoms with E-state index >= 15 is 0 Å². The number of likely N-dealkylation sites (tertiary alicyclic amines) is 1. The summed E-state index contributed by atoms with van der Waals surface area (Å²) < 4.78 is 5.35. The van der Waals surface area contributed by atoms with Gasteiger partial charge in [-0.05, 0) is 75.4 Å². The monoisotopic (exact) mass is 460 g/mol. The van der Waals surface area contributed by atoms with Gasteiger partial charge in [0.05, 0.1) is 0 Å². The van der Waals surface area contributed by atoms with Crippen LogP contribution in [0.25, 0.3) is 11.5 Å². The zero-order valence-electron chi connectivity index (χ0n) is 20.2. The van der Waals surface area contributed by atoms with E-state index in [2.05, 4.69) is 36.1 Å². The van der Waals surface area contributed by atoms with Crippen LogP contribution in [0.15, 0.2) is 47.0 Å². The van der Waals surface area contributed by atoms with Gasteiger partial charge in [-0.15, -0.1) is 0 Å². The molecule has 2 saturated heterocycles. The van der Waals surface area contributed by atoms with E-state index < -0.39 is 0 Å². The Labute approximate surface area is 200 Å². The number of carbonyl (C=O) groups excluding carboxylic acids is 2. The minimum atomic E-state index is 0.258. The van der Waals surface area contributed by atoms with Gasteiger partial charge in [0.1, 0.15) is 0 Å². The molecule has 3 heterocycles. The molecule has 0 bridgehead atoms. The van der Waals surface area contributed by atoms with E-state index in [-0.39, 0.29) is 11.8 Å². The number of hydrogen-bond acceptors (Lipinski definition) is 5. The first-order valence-electron chi connectivity index (χ1n) is 11.9. The number of rotatable bonds is 4. The normalized spacial score (nSPS) is 16.4. The first kappa shape index (κ1) is 23.7. The first-order valence-corrected chi connectivity index (χ1v) is 11.9. The van der Waals surface area contributed by atoms with E-state index in [1.54, 1.807) is 4.90 Å². The second-order valence-corrected chi connectivity index (χ2v) is 9.16. The lowest BCUT2D eigenvalue weighted by molar-refractivity contribution is -0.119. The van der Waals surface area contributed by atoms with Crippen molar-refractivity contribution in [2.24, 2.45) is 0 Å². The summed E-state index contributed by atoms with van der Waals surface area (Å²) in [6.07, 6.45) is 4.39. The Morgan fingerprint density at radius 2 is 1.71 bits per heavy atom. The van der Waals surface area contributed by atoms with E-state index in [1.165, 1.54) is 16.7 Å².